The first-order valence-electron chi connectivity index (χ1n) is 6.06. The van der Waals surface area contributed by atoms with Crippen LogP contribution < -0.4 is 5.73 Å². The molecule has 0 radical (unpaired) electrons. The minimum atomic E-state index is 0.607. The maximum Gasteiger partial charge on any atom is 0.0280 e. The Morgan fingerprint density at radius 2 is 1.89 bits per heavy atom. The molecule has 0 saturated carbocycles. The molecule has 0 aliphatic rings. The average Bonchev–Trinajstić information content (AvgIpc) is 2.86. The van der Waals surface area contributed by atoms with E-state index in [1.165, 1.54) is 32.3 Å². The highest BCUT2D eigenvalue weighted by Gasteiger charge is 2.11. The molecule has 0 amide bonds. The fourth-order valence-electron chi connectivity index (χ4n) is 2.46. The lowest BCUT2D eigenvalue weighted by atomic mass is 9.94. The molecular weight excluding hydrogens is 238 g/mol. The fourth-order valence-corrected chi connectivity index (χ4v) is 3.22. The summed E-state index contributed by atoms with van der Waals surface area (Å²) in [6.07, 6.45) is 0. The van der Waals surface area contributed by atoms with Gasteiger partial charge in [0.1, 0.15) is 0 Å². The number of aryl methyl sites for hydroxylation is 1. The van der Waals surface area contributed by atoms with Gasteiger partial charge in [0.2, 0.25) is 0 Å². The van der Waals surface area contributed by atoms with Crippen molar-refractivity contribution in [3.63, 3.8) is 0 Å². The van der Waals surface area contributed by atoms with Crippen LogP contribution in [-0.2, 0) is 6.54 Å². The fraction of sp³-hybridized carbons (Fsp3) is 0.125. The largest absolute Gasteiger partial charge is 0.326 e. The zero-order chi connectivity index (χ0) is 12.5. The topological polar surface area (TPSA) is 26.0 Å². The Kier molecular flexibility index (Phi) is 2.90. The van der Waals surface area contributed by atoms with Crippen molar-refractivity contribution >= 4 is 22.1 Å². The molecular formula is C16H15NS. The van der Waals surface area contributed by atoms with E-state index in [-0.39, 0.29) is 0 Å². The van der Waals surface area contributed by atoms with Gasteiger partial charge >= 0.3 is 0 Å². The first-order chi connectivity index (χ1) is 8.81. The van der Waals surface area contributed by atoms with Crippen LogP contribution in [0.15, 0.2) is 47.8 Å². The highest BCUT2D eigenvalue weighted by molar-refractivity contribution is 7.10. The normalized spacial score (nSPS) is 11.0. The van der Waals surface area contributed by atoms with Crippen molar-refractivity contribution in [2.75, 3.05) is 0 Å². The van der Waals surface area contributed by atoms with Crippen molar-refractivity contribution in [1.29, 1.82) is 0 Å². The van der Waals surface area contributed by atoms with E-state index in [4.69, 9.17) is 5.73 Å². The summed E-state index contributed by atoms with van der Waals surface area (Å²) >= 11 is 1.74. The maximum atomic E-state index is 5.84. The maximum absolute atomic E-state index is 5.84. The third-order valence-electron chi connectivity index (χ3n) is 3.34. The summed E-state index contributed by atoms with van der Waals surface area (Å²) in [6, 6.07) is 15.1. The number of thiophene rings is 1. The molecule has 18 heavy (non-hydrogen) atoms. The van der Waals surface area contributed by atoms with Gasteiger partial charge in [-0.15, -0.1) is 11.3 Å². The van der Waals surface area contributed by atoms with Gasteiger partial charge in [-0.1, -0.05) is 36.4 Å². The van der Waals surface area contributed by atoms with Gasteiger partial charge in [-0.3, -0.25) is 0 Å². The number of nitrogens with two attached hydrogens (primary N) is 1. The number of rotatable bonds is 2. The molecule has 1 aromatic heterocycles. The zero-order valence-corrected chi connectivity index (χ0v) is 11.1. The van der Waals surface area contributed by atoms with E-state index in [1.54, 1.807) is 11.3 Å². The Labute approximate surface area is 111 Å². The van der Waals surface area contributed by atoms with Gasteiger partial charge in [-0.2, -0.15) is 0 Å². The van der Waals surface area contributed by atoms with Crippen LogP contribution >= 0.6 is 11.3 Å². The van der Waals surface area contributed by atoms with Gasteiger partial charge in [0.25, 0.3) is 0 Å². The van der Waals surface area contributed by atoms with Crippen molar-refractivity contribution in [2.24, 2.45) is 5.73 Å². The molecule has 0 unspecified atom stereocenters. The van der Waals surface area contributed by atoms with Crippen LogP contribution in [0.5, 0.6) is 0 Å². The zero-order valence-electron chi connectivity index (χ0n) is 10.3. The number of hydrogen-bond donors (Lipinski definition) is 1. The molecule has 2 N–H and O–H groups in total. The second kappa shape index (κ2) is 4.56. The van der Waals surface area contributed by atoms with Crippen molar-refractivity contribution in [2.45, 2.75) is 13.5 Å². The quantitative estimate of drug-likeness (QED) is 0.722. The lowest BCUT2D eigenvalue weighted by molar-refractivity contribution is 1.11. The second-order valence-electron chi connectivity index (χ2n) is 4.44. The molecule has 2 heteroatoms. The molecule has 3 rings (SSSR count). The van der Waals surface area contributed by atoms with Gasteiger partial charge in [0, 0.05) is 11.4 Å². The first kappa shape index (κ1) is 11.5. The Hall–Kier alpha value is -1.64. The monoisotopic (exact) mass is 253 g/mol. The van der Waals surface area contributed by atoms with E-state index in [2.05, 4.69) is 54.8 Å². The summed E-state index contributed by atoms with van der Waals surface area (Å²) in [5.74, 6) is 0. The lowest BCUT2D eigenvalue weighted by Gasteiger charge is -2.11. The molecule has 0 spiro atoms. The van der Waals surface area contributed by atoms with Gasteiger partial charge in [0.05, 0.1) is 0 Å². The average molecular weight is 253 g/mol. The van der Waals surface area contributed by atoms with Crippen molar-refractivity contribution in [3.05, 3.63) is 58.3 Å². The number of benzene rings is 2. The molecule has 0 saturated heterocycles. The summed E-state index contributed by atoms with van der Waals surface area (Å²) in [5, 5.41) is 4.72. The van der Waals surface area contributed by atoms with Gasteiger partial charge in [-0.25, -0.2) is 0 Å². The smallest absolute Gasteiger partial charge is 0.0280 e. The van der Waals surface area contributed by atoms with Crippen LogP contribution in [0, 0.1) is 6.92 Å². The molecule has 3 aromatic rings. The minimum Gasteiger partial charge on any atom is -0.326 e. The van der Waals surface area contributed by atoms with Crippen LogP contribution in [-0.4, -0.2) is 0 Å². The summed E-state index contributed by atoms with van der Waals surface area (Å²) < 4.78 is 0. The van der Waals surface area contributed by atoms with E-state index in [0.29, 0.717) is 6.54 Å². The summed E-state index contributed by atoms with van der Waals surface area (Å²) in [6.45, 7) is 2.77. The Morgan fingerprint density at radius 1 is 1.06 bits per heavy atom. The van der Waals surface area contributed by atoms with Crippen molar-refractivity contribution < 1.29 is 0 Å². The molecule has 0 atom stereocenters. The number of fused-ring (bicyclic) bond motifs is 1. The summed E-state index contributed by atoms with van der Waals surface area (Å²) in [7, 11) is 0. The molecule has 0 bridgehead atoms. The summed E-state index contributed by atoms with van der Waals surface area (Å²) in [4.78, 5) is 1.26. The minimum absolute atomic E-state index is 0.607. The first-order valence-corrected chi connectivity index (χ1v) is 6.94. The van der Waals surface area contributed by atoms with Crippen LogP contribution in [0.4, 0.5) is 0 Å². The molecule has 1 nitrogen and oxygen atoms in total. The molecule has 2 aromatic carbocycles. The lowest BCUT2D eigenvalue weighted by Crippen LogP contribution is -1.96. The van der Waals surface area contributed by atoms with Gasteiger partial charge < -0.3 is 5.73 Å². The van der Waals surface area contributed by atoms with Gasteiger partial charge in [-0.05, 0) is 45.8 Å². The molecule has 1 heterocycles. The van der Waals surface area contributed by atoms with Crippen LogP contribution in [0.25, 0.3) is 21.9 Å². The SMILES string of the molecule is Cc1ccc2ccccc2c1-c1ccsc1CN. The van der Waals surface area contributed by atoms with E-state index < -0.39 is 0 Å². The van der Waals surface area contributed by atoms with Gasteiger partial charge in [0.15, 0.2) is 0 Å². The Balaban J connectivity index is 2.37. The van der Waals surface area contributed by atoms with Crippen molar-refractivity contribution in [1.82, 2.24) is 0 Å². The second-order valence-corrected chi connectivity index (χ2v) is 5.44. The highest BCUT2D eigenvalue weighted by atomic mass is 32.1. The molecule has 0 fully saturated rings. The molecule has 0 aliphatic carbocycles. The summed E-state index contributed by atoms with van der Waals surface area (Å²) in [5.41, 5.74) is 9.76. The third kappa shape index (κ3) is 1.74. The molecule has 90 valence electrons. The molecule has 0 aliphatic heterocycles. The van der Waals surface area contributed by atoms with Crippen LogP contribution in [0.2, 0.25) is 0 Å². The van der Waals surface area contributed by atoms with E-state index in [1.807, 2.05) is 0 Å². The Bertz CT molecular complexity index is 697. The predicted octanol–water partition coefficient (Wildman–Crippen LogP) is 4.34. The van der Waals surface area contributed by atoms with Crippen LogP contribution in [0.1, 0.15) is 10.4 Å². The predicted molar refractivity (Wildman–Crippen MR) is 79.9 cm³/mol. The Morgan fingerprint density at radius 3 is 2.72 bits per heavy atom. The van der Waals surface area contributed by atoms with E-state index in [9.17, 15) is 0 Å². The third-order valence-corrected chi connectivity index (χ3v) is 4.28. The highest BCUT2D eigenvalue weighted by Crippen LogP contribution is 2.36. The van der Waals surface area contributed by atoms with E-state index >= 15 is 0 Å². The standard InChI is InChI=1S/C16H15NS/c1-11-6-7-12-4-2-3-5-13(12)16(11)14-8-9-18-15(14)10-17/h2-9H,10,17H2,1H3. The number of hydrogen-bond acceptors (Lipinski definition) is 2. The van der Waals surface area contributed by atoms with Crippen molar-refractivity contribution in [3.8, 4) is 11.1 Å². The van der Waals surface area contributed by atoms with Crippen LogP contribution in [0.3, 0.4) is 0 Å². The van der Waals surface area contributed by atoms with E-state index in [0.717, 1.165) is 0 Å².